The Morgan fingerprint density at radius 2 is 1.76 bits per heavy atom. The van der Waals surface area contributed by atoms with E-state index in [1.165, 1.54) is 0 Å². The molecule has 0 radical (unpaired) electrons. The Balaban J connectivity index is 1.63. The van der Waals surface area contributed by atoms with Crippen LogP contribution in [0, 0.1) is 5.92 Å². The second-order valence-corrected chi connectivity index (χ2v) is 7.86. The number of benzene rings is 2. The Bertz CT molecular complexity index is 970. The van der Waals surface area contributed by atoms with E-state index in [1.807, 2.05) is 44.2 Å². The zero-order valence-corrected chi connectivity index (χ0v) is 17.8. The summed E-state index contributed by atoms with van der Waals surface area (Å²) in [6.45, 7) is 4.28. The van der Waals surface area contributed by atoms with Crippen LogP contribution in [0.5, 0.6) is 0 Å². The lowest BCUT2D eigenvalue weighted by atomic mass is 10.0. The van der Waals surface area contributed by atoms with E-state index in [1.54, 1.807) is 35.3 Å². The highest BCUT2D eigenvalue weighted by molar-refractivity contribution is 9.10. The normalized spacial score (nSPS) is 11.9. The SMILES string of the molecule is CC(C)C(NC(=O)c1ccccc1)C(=O)Nc1ncn(Cc2ccc(Br)cc2)n1. The third-order valence-corrected chi connectivity index (χ3v) is 4.83. The summed E-state index contributed by atoms with van der Waals surface area (Å²) in [5.74, 6) is -0.557. The number of halogens is 1. The van der Waals surface area contributed by atoms with Crippen LogP contribution in [0.25, 0.3) is 0 Å². The molecule has 0 aliphatic heterocycles. The van der Waals surface area contributed by atoms with Crippen molar-refractivity contribution in [2.75, 3.05) is 5.32 Å². The van der Waals surface area contributed by atoms with Crippen molar-refractivity contribution < 1.29 is 9.59 Å². The number of carbonyl (C=O) groups excluding carboxylic acids is 2. The lowest BCUT2D eigenvalue weighted by Crippen LogP contribution is -2.47. The predicted molar refractivity (Wildman–Crippen MR) is 114 cm³/mol. The van der Waals surface area contributed by atoms with Gasteiger partial charge in [0.2, 0.25) is 11.9 Å². The molecule has 2 amide bonds. The quantitative estimate of drug-likeness (QED) is 0.570. The van der Waals surface area contributed by atoms with Gasteiger partial charge in [0.05, 0.1) is 6.54 Å². The Kier molecular flexibility index (Phi) is 6.77. The topological polar surface area (TPSA) is 88.9 Å². The smallest absolute Gasteiger partial charge is 0.251 e. The van der Waals surface area contributed by atoms with Gasteiger partial charge in [0.15, 0.2) is 0 Å². The molecule has 0 bridgehead atoms. The fraction of sp³-hybridized carbons (Fsp3) is 0.238. The van der Waals surface area contributed by atoms with Gasteiger partial charge in [-0.1, -0.05) is 60.1 Å². The molecule has 0 saturated heterocycles. The van der Waals surface area contributed by atoms with Gasteiger partial charge in [0.25, 0.3) is 5.91 Å². The molecule has 2 aromatic carbocycles. The van der Waals surface area contributed by atoms with E-state index < -0.39 is 6.04 Å². The summed E-state index contributed by atoms with van der Waals surface area (Å²) in [6, 6.07) is 16.0. The zero-order valence-electron chi connectivity index (χ0n) is 16.2. The average Bonchev–Trinajstić information content (AvgIpc) is 3.14. The fourth-order valence-electron chi connectivity index (χ4n) is 2.74. The number of amides is 2. The maximum atomic E-state index is 12.7. The van der Waals surface area contributed by atoms with E-state index in [9.17, 15) is 9.59 Å². The van der Waals surface area contributed by atoms with Crippen molar-refractivity contribution in [1.29, 1.82) is 0 Å². The lowest BCUT2D eigenvalue weighted by Gasteiger charge is -2.21. The van der Waals surface area contributed by atoms with Crippen LogP contribution in [0.15, 0.2) is 65.4 Å². The third kappa shape index (κ3) is 5.74. The van der Waals surface area contributed by atoms with E-state index in [0.717, 1.165) is 10.0 Å². The number of carbonyl (C=O) groups is 2. The Hall–Kier alpha value is -3.00. The summed E-state index contributed by atoms with van der Waals surface area (Å²) in [5, 5.41) is 9.77. The molecule has 0 fully saturated rings. The molecule has 29 heavy (non-hydrogen) atoms. The molecule has 3 rings (SSSR count). The molecule has 3 aromatic rings. The number of nitrogens with one attached hydrogen (secondary N) is 2. The van der Waals surface area contributed by atoms with Crippen molar-refractivity contribution >= 4 is 33.7 Å². The average molecular weight is 456 g/mol. The van der Waals surface area contributed by atoms with Gasteiger partial charge in [-0.2, -0.15) is 0 Å². The van der Waals surface area contributed by atoms with Crippen molar-refractivity contribution in [3.05, 3.63) is 76.5 Å². The van der Waals surface area contributed by atoms with E-state index in [4.69, 9.17) is 0 Å². The molecule has 0 aliphatic rings. The molecule has 0 aliphatic carbocycles. The van der Waals surface area contributed by atoms with Crippen LogP contribution >= 0.6 is 15.9 Å². The van der Waals surface area contributed by atoms with Crippen LogP contribution in [0.1, 0.15) is 29.8 Å². The van der Waals surface area contributed by atoms with Crippen LogP contribution in [-0.2, 0) is 11.3 Å². The summed E-state index contributed by atoms with van der Waals surface area (Å²) in [4.78, 5) is 29.3. The number of anilines is 1. The molecule has 0 saturated carbocycles. The van der Waals surface area contributed by atoms with Crippen LogP contribution in [0.2, 0.25) is 0 Å². The summed E-state index contributed by atoms with van der Waals surface area (Å²) in [7, 11) is 0. The monoisotopic (exact) mass is 455 g/mol. The highest BCUT2D eigenvalue weighted by atomic mass is 79.9. The Morgan fingerprint density at radius 1 is 1.07 bits per heavy atom. The van der Waals surface area contributed by atoms with E-state index in [0.29, 0.717) is 12.1 Å². The first kappa shape index (κ1) is 20.7. The van der Waals surface area contributed by atoms with Gasteiger partial charge in [0.1, 0.15) is 12.4 Å². The molecule has 0 spiro atoms. The van der Waals surface area contributed by atoms with Crippen molar-refractivity contribution in [2.24, 2.45) is 5.92 Å². The maximum Gasteiger partial charge on any atom is 0.251 e. The standard InChI is InChI=1S/C21H22BrN5O2/c1-14(2)18(24-19(28)16-6-4-3-5-7-16)20(29)25-21-23-13-27(26-21)12-15-8-10-17(22)11-9-15/h3-11,13-14,18H,12H2,1-2H3,(H,24,28)(H,25,26,29). The molecule has 1 aromatic heterocycles. The van der Waals surface area contributed by atoms with Crippen LogP contribution < -0.4 is 10.6 Å². The van der Waals surface area contributed by atoms with Gasteiger partial charge in [-0.05, 0) is 35.7 Å². The predicted octanol–water partition coefficient (Wildman–Crippen LogP) is 3.48. The van der Waals surface area contributed by atoms with Crippen molar-refractivity contribution in [1.82, 2.24) is 20.1 Å². The molecule has 2 N–H and O–H groups in total. The number of hydrogen-bond acceptors (Lipinski definition) is 4. The zero-order chi connectivity index (χ0) is 20.8. The van der Waals surface area contributed by atoms with Gasteiger partial charge in [-0.25, -0.2) is 9.67 Å². The van der Waals surface area contributed by atoms with E-state index in [2.05, 4.69) is 36.6 Å². The number of rotatable bonds is 7. The molecule has 1 heterocycles. The number of aromatic nitrogens is 3. The largest absolute Gasteiger partial charge is 0.340 e. The molecular formula is C21H22BrN5O2. The minimum Gasteiger partial charge on any atom is -0.340 e. The lowest BCUT2D eigenvalue weighted by molar-refractivity contribution is -0.118. The van der Waals surface area contributed by atoms with Gasteiger partial charge >= 0.3 is 0 Å². The number of nitrogens with zero attached hydrogens (tertiary/aromatic N) is 3. The fourth-order valence-corrected chi connectivity index (χ4v) is 3.01. The van der Waals surface area contributed by atoms with Crippen LogP contribution in [0.4, 0.5) is 5.95 Å². The van der Waals surface area contributed by atoms with Gasteiger partial charge < -0.3 is 5.32 Å². The van der Waals surface area contributed by atoms with Crippen molar-refractivity contribution in [3.8, 4) is 0 Å². The second-order valence-electron chi connectivity index (χ2n) is 6.94. The minimum atomic E-state index is -0.707. The summed E-state index contributed by atoms with van der Waals surface area (Å²) in [5.41, 5.74) is 1.56. The van der Waals surface area contributed by atoms with E-state index >= 15 is 0 Å². The first-order chi connectivity index (χ1) is 13.9. The molecule has 8 heteroatoms. The first-order valence-electron chi connectivity index (χ1n) is 9.23. The summed E-state index contributed by atoms with van der Waals surface area (Å²) in [6.07, 6.45) is 1.56. The highest BCUT2D eigenvalue weighted by Crippen LogP contribution is 2.12. The van der Waals surface area contributed by atoms with E-state index in [-0.39, 0.29) is 23.7 Å². The second kappa shape index (κ2) is 9.47. The number of hydrogen-bond donors (Lipinski definition) is 2. The Labute approximate surface area is 177 Å². The van der Waals surface area contributed by atoms with Gasteiger partial charge in [-0.3, -0.25) is 14.9 Å². The van der Waals surface area contributed by atoms with Crippen LogP contribution in [-0.4, -0.2) is 32.6 Å². The molecule has 1 unspecified atom stereocenters. The molecule has 1 atom stereocenters. The maximum absolute atomic E-state index is 12.7. The van der Waals surface area contributed by atoms with Crippen molar-refractivity contribution in [2.45, 2.75) is 26.4 Å². The van der Waals surface area contributed by atoms with Crippen LogP contribution in [0.3, 0.4) is 0 Å². The third-order valence-electron chi connectivity index (χ3n) is 4.30. The van der Waals surface area contributed by atoms with Crippen molar-refractivity contribution in [3.63, 3.8) is 0 Å². The minimum absolute atomic E-state index is 0.104. The molecule has 7 nitrogen and oxygen atoms in total. The highest BCUT2D eigenvalue weighted by Gasteiger charge is 2.25. The van der Waals surface area contributed by atoms with Gasteiger partial charge in [-0.15, -0.1) is 5.10 Å². The summed E-state index contributed by atoms with van der Waals surface area (Å²) < 4.78 is 2.65. The Morgan fingerprint density at radius 3 is 2.41 bits per heavy atom. The molecule has 150 valence electrons. The first-order valence-corrected chi connectivity index (χ1v) is 10.0. The van der Waals surface area contributed by atoms with Gasteiger partial charge in [0, 0.05) is 10.0 Å². The summed E-state index contributed by atoms with van der Waals surface area (Å²) >= 11 is 3.41. The molecular weight excluding hydrogens is 434 g/mol.